The fraction of sp³-hybridized carbons (Fsp3) is 0.429. The van der Waals surface area contributed by atoms with Crippen LogP contribution in [0.25, 0.3) is 5.69 Å². The van der Waals surface area contributed by atoms with Gasteiger partial charge in [-0.25, -0.2) is 9.07 Å². The second kappa shape index (κ2) is 9.91. The Morgan fingerprint density at radius 1 is 1.17 bits per heavy atom. The van der Waals surface area contributed by atoms with E-state index in [1.165, 1.54) is 17.2 Å². The molecule has 1 spiro atoms. The Kier molecular flexibility index (Phi) is 6.71. The van der Waals surface area contributed by atoms with Crippen molar-refractivity contribution in [3.05, 3.63) is 83.4 Å². The van der Waals surface area contributed by atoms with Crippen molar-refractivity contribution in [2.24, 2.45) is 0 Å². The van der Waals surface area contributed by atoms with Gasteiger partial charge in [-0.3, -0.25) is 9.69 Å². The molecule has 184 valence electrons. The summed E-state index contributed by atoms with van der Waals surface area (Å²) in [6, 6.07) is 15.1. The Balaban J connectivity index is 1.40. The number of halogens is 1. The first-order valence-corrected chi connectivity index (χ1v) is 12.6. The number of benzene rings is 2. The third-order valence-electron chi connectivity index (χ3n) is 7.60. The molecule has 1 saturated heterocycles. The summed E-state index contributed by atoms with van der Waals surface area (Å²) in [4.78, 5) is 14.8. The predicted molar refractivity (Wildman–Crippen MR) is 133 cm³/mol. The standard InChI is InChI=1S/C28H33FN4O2/c1-3-25(34)31-26-22-8-5-6-9-23(22)28(27(26)35-4-2)12-16-32(17-13-28)19-20-18-21(29)10-11-24(20)33-15-7-14-30-33/h5-11,14-15,18,26-27H,3-4,12-13,16-17,19H2,1-2H3,(H,31,34)/t26-,27+/m1/s1. The zero-order valence-corrected chi connectivity index (χ0v) is 20.4. The number of hydrogen-bond donors (Lipinski definition) is 1. The van der Waals surface area contributed by atoms with Crippen LogP contribution in [0.15, 0.2) is 60.9 Å². The summed E-state index contributed by atoms with van der Waals surface area (Å²) in [6.45, 7) is 6.87. The molecule has 1 fully saturated rings. The number of aromatic nitrogens is 2. The maximum absolute atomic E-state index is 14.2. The van der Waals surface area contributed by atoms with Crippen LogP contribution in [0.5, 0.6) is 0 Å². The Labute approximate surface area is 206 Å². The molecule has 35 heavy (non-hydrogen) atoms. The lowest BCUT2D eigenvalue weighted by atomic mass is 9.71. The molecule has 5 rings (SSSR count). The summed E-state index contributed by atoms with van der Waals surface area (Å²) in [5.41, 5.74) is 4.14. The van der Waals surface area contributed by atoms with Crippen LogP contribution in [0.3, 0.4) is 0 Å². The lowest BCUT2D eigenvalue weighted by molar-refractivity contribution is -0.123. The average Bonchev–Trinajstić information content (AvgIpc) is 3.48. The quantitative estimate of drug-likeness (QED) is 0.544. The van der Waals surface area contributed by atoms with Crippen LogP contribution in [0.1, 0.15) is 55.8 Å². The average molecular weight is 477 g/mol. The molecule has 2 atom stereocenters. The number of carbonyl (C=O) groups excluding carboxylic acids is 1. The summed E-state index contributed by atoms with van der Waals surface area (Å²) in [5.74, 6) is -0.193. The van der Waals surface area contributed by atoms with Crippen molar-refractivity contribution in [2.45, 2.75) is 57.2 Å². The lowest BCUT2D eigenvalue weighted by Gasteiger charge is -2.44. The van der Waals surface area contributed by atoms with Gasteiger partial charge in [0.05, 0.1) is 17.8 Å². The van der Waals surface area contributed by atoms with Crippen molar-refractivity contribution in [2.75, 3.05) is 19.7 Å². The maximum Gasteiger partial charge on any atom is 0.220 e. The molecule has 1 aromatic heterocycles. The van der Waals surface area contributed by atoms with Gasteiger partial charge in [0, 0.05) is 37.4 Å². The van der Waals surface area contributed by atoms with Crippen molar-refractivity contribution in [1.82, 2.24) is 20.0 Å². The minimum Gasteiger partial charge on any atom is -0.375 e. The number of hydrogen-bond acceptors (Lipinski definition) is 4. The summed E-state index contributed by atoms with van der Waals surface area (Å²) in [6.07, 6.45) is 5.80. The highest BCUT2D eigenvalue weighted by molar-refractivity contribution is 5.76. The molecule has 2 aliphatic rings. The van der Waals surface area contributed by atoms with Crippen LogP contribution in [0, 0.1) is 5.82 Å². The van der Waals surface area contributed by atoms with Crippen molar-refractivity contribution in [3.8, 4) is 5.69 Å². The third kappa shape index (κ3) is 4.39. The summed E-state index contributed by atoms with van der Waals surface area (Å²) < 4.78 is 22.3. The molecular formula is C28H33FN4O2. The van der Waals surface area contributed by atoms with Gasteiger partial charge in [-0.15, -0.1) is 0 Å². The minimum absolute atomic E-state index is 0.0428. The molecule has 7 heteroatoms. The first-order chi connectivity index (χ1) is 17.1. The molecule has 0 saturated carbocycles. The van der Waals surface area contributed by atoms with Gasteiger partial charge in [0.1, 0.15) is 5.82 Å². The molecule has 0 radical (unpaired) electrons. The SMILES string of the molecule is CCO[C@H]1[C@H](NC(=O)CC)c2ccccc2C12CCN(Cc1cc(F)ccc1-n1cccn1)CC2. The molecule has 2 heterocycles. The third-order valence-corrected chi connectivity index (χ3v) is 7.60. The van der Waals surface area contributed by atoms with Crippen LogP contribution in [0.2, 0.25) is 0 Å². The van der Waals surface area contributed by atoms with E-state index in [9.17, 15) is 9.18 Å². The van der Waals surface area contributed by atoms with Crippen molar-refractivity contribution in [1.29, 1.82) is 0 Å². The highest BCUT2D eigenvalue weighted by Gasteiger charge is 2.54. The fourth-order valence-corrected chi connectivity index (χ4v) is 5.94. The predicted octanol–water partition coefficient (Wildman–Crippen LogP) is 4.53. The van der Waals surface area contributed by atoms with Crippen molar-refractivity contribution >= 4 is 5.91 Å². The van der Waals surface area contributed by atoms with E-state index in [1.807, 2.05) is 32.2 Å². The van der Waals surface area contributed by atoms with Gasteiger partial charge < -0.3 is 10.1 Å². The second-order valence-corrected chi connectivity index (χ2v) is 9.52. The Morgan fingerprint density at radius 2 is 1.97 bits per heavy atom. The van der Waals surface area contributed by atoms with Gasteiger partial charge in [0.25, 0.3) is 0 Å². The van der Waals surface area contributed by atoms with E-state index >= 15 is 0 Å². The number of carbonyl (C=O) groups is 1. The molecule has 1 amide bonds. The maximum atomic E-state index is 14.2. The molecule has 1 aliphatic carbocycles. The highest BCUT2D eigenvalue weighted by atomic mass is 19.1. The molecule has 6 nitrogen and oxygen atoms in total. The highest BCUT2D eigenvalue weighted by Crippen LogP contribution is 2.52. The zero-order chi connectivity index (χ0) is 24.4. The van der Waals surface area contributed by atoms with Gasteiger partial charge in [-0.05, 0) is 73.8 Å². The molecule has 3 aromatic rings. The summed E-state index contributed by atoms with van der Waals surface area (Å²) in [7, 11) is 0. The number of fused-ring (bicyclic) bond motifs is 2. The number of ether oxygens (including phenoxy) is 1. The number of piperidine rings is 1. The Bertz CT molecular complexity index is 1170. The van der Waals surface area contributed by atoms with E-state index < -0.39 is 0 Å². The lowest BCUT2D eigenvalue weighted by Crippen LogP contribution is -2.50. The Morgan fingerprint density at radius 3 is 2.69 bits per heavy atom. The van der Waals surface area contributed by atoms with E-state index in [0.717, 1.165) is 37.2 Å². The van der Waals surface area contributed by atoms with Gasteiger partial charge in [0.2, 0.25) is 5.91 Å². The molecule has 1 aliphatic heterocycles. The molecule has 1 N–H and O–H groups in total. The Hall–Kier alpha value is -3.03. The van der Waals surface area contributed by atoms with E-state index in [0.29, 0.717) is 19.6 Å². The monoisotopic (exact) mass is 476 g/mol. The second-order valence-electron chi connectivity index (χ2n) is 9.52. The molecule has 0 bridgehead atoms. The van der Waals surface area contributed by atoms with E-state index in [2.05, 4.69) is 33.5 Å². The summed E-state index contributed by atoms with van der Waals surface area (Å²) >= 11 is 0. The minimum atomic E-state index is -0.236. The number of amides is 1. The van der Waals surface area contributed by atoms with Crippen LogP contribution in [-0.2, 0) is 21.5 Å². The van der Waals surface area contributed by atoms with Gasteiger partial charge in [-0.1, -0.05) is 31.2 Å². The fourth-order valence-electron chi connectivity index (χ4n) is 5.94. The first kappa shape index (κ1) is 23.7. The van der Waals surface area contributed by atoms with Crippen LogP contribution < -0.4 is 5.32 Å². The molecule has 0 unspecified atom stereocenters. The van der Waals surface area contributed by atoms with Crippen LogP contribution in [-0.4, -0.2) is 46.4 Å². The molecule has 2 aromatic carbocycles. The van der Waals surface area contributed by atoms with E-state index in [4.69, 9.17) is 4.74 Å². The van der Waals surface area contributed by atoms with Crippen LogP contribution >= 0.6 is 0 Å². The zero-order valence-electron chi connectivity index (χ0n) is 20.4. The smallest absolute Gasteiger partial charge is 0.220 e. The van der Waals surface area contributed by atoms with E-state index in [1.54, 1.807) is 23.0 Å². The number of rotatable bonds is 7. The number of nitrogens with zero attached hydrogens (tertiary/aromatic N) is 3. The number of nitrogens with one attached hydrogen (secondary N) is 1. The van der Waals surface area contributed by atoms with Gasteiger partial charge in [-0.2, -0.15) is 5.10 Å². The molecular weight excluding hydrogens is 443 g/mol. The van der Waals surface area contributed by atoms with Crippen LogP contribution in [0.4, 0.5) is 4.39 Å². The van der Waals surface area contributed by atoms with Crippen molar-refractivity contribution in [3.63, 3.8) is 0 Å². The normalized spacial score (nSPS) is 21.2. The van der Waals surface area contributed by atoms with E-state index in [-0.39, 0.29) is 29.3 Å². The largest absolute Gasteiger partial charge is 0.375 e. The van der Waals surface area contributed by atoms with Gasteiger partial charge >= 0.3 is 0 Å². The first-order valence-electron chi connectivity index (χ1n) is 12.6. The topological polar surface area (TPSA) is 59.4 Å². The summed E-state index contributed by atoms with van der Waals surface area (Å²) in [5, 5.41) is 7.59. The van der Waals surface area contributed by atoms with Gasteiger partial charge in [0.15, 0.2) is 0 Å². The number of likely N-dealkylation sites (tertiary alicyclic amines) is 1. The van der Waals surface area contributed by atoms with Crippen molar-refractivity contribution < 1.29 is 13.9 Å².